The van der Waals surface area contributed by atoms with E-state index in [1.807, 2.05) is 6.92 Å². The summed E-state index contributed by atoms with van der Waals surface area (Å²) >= 11 is 3.20. The molecule has 68 valence electrons. The zero-order valence-electron chi connectivity index (χ0n) is 6.87. The van der Waals surface area contributed by atoms with Crippen molar-refractivity contribution in [3.05, 3.63) is 22.4 Å². The van der Waals surface area contributed by atoms with Crippen molar-refractivity contribution in [2.24, 2.45) is 0 Å². The molecule has 0 atom stereocenters. The smallest absolute Gasteiger partial charge is 0.207 e. The largest absolute Gasteiger partial charge is 0.446 e. The third-order valence-electron chi connectivity index (χ3n) is 1.76. The van der Waals surface area contributed by atoms with Crippen molar-refractivity contribution >= 4 is 21.7 Å². The van der Waals surface area contributed by atoms with Crippen LogP contribution in [0, 0.1) is 6.92 Å². The number of halogens is 1. The van der Waals surface area contributed by atoms with Crippen LogP contribution >= 0.6 is 15.9 Å². The minimum absolute atomic E-state index is 0.391. The molecule has 2 aromatic heterocycles. The average Bonchev–Trinajstić information content (AvgIpc) is 2.62. The van der Waals surface area contributed by atoms with Crippen LogP contribution < -0.4 is 5.73 Å². The highest BCUT2D eigenvalue weighted by Crippen LogP contribution is 2.29. The van der Waals surface area contributed by atoms with Crippen molar-refractivity contribution in [3.63, 3.8) is 0 Å². The van der Waals surface area contributed by atoms with Gasteiger partial charge in [0, 0.05) is 5.56 Å². The normalized spacial score (nSPS) is 10.6. The minimum Gasteiger partial charge on any atom is -0.446 e. The van der Waals surface area contributed by atoms with Crippen LogP contribution in [0.2, 0.25) is 0 Å². The Morgan fingerprint density at radius 3 is 2.69 bits per heavy atom. The first-order valence-corrected chi connectivity index (χ1v) is 4.45. The van der Waals surface area contributed by atoms with Crippen LogP contribution in [0.5, 0.6) is 0 Å². The fraction of sp³-hybridized carbons (Fsp3) is 0.125. The molecule has 0 saturated carbocycles. The second kappa shape index (κ2) is 2.92. The SMILES string of the molecule is Cc1c(N)noc1-c1ccc(Br)o1. The molecule has 0 aliphatic carbocycles. The highest BCUT2D eigenvalue weighted by Gasteiger charge is 2.14. The fourth-order valence-corrected chi connectivity index (χ4v) is 1.32. The molecule has 0 aliphatic heterocycles. The molecule has 0 bridgehead atoms. The molecule has 13 heavy (non-hydrogen) atoms. The maximum atomic E-state index is 5.53. The first kappa shape index (κ1) is 8.37. The Bertz CT molecular complexity index is 433. The summed E-state index contributed by atoms with van der Waals surface area (Å²) in [7, 11) is 0. The molecule has 4 nitrogen and oxygen atoms in total. The van der Waals surface area contributed by atoms with Crippen LogP contribution in [0.25, 0.3) is 11.5 Å². The van der Waals surface area contributed by atoms with Gasteiger partial charge in [-0.2, -0.15) is 0 Å². The van der Waals surface area contributed by atoms with E-state index >= 15 is 0 Å². The van der Waals surface area contributed by atoms with E-state index in [1.165, 1.54) is 0 Å². The van der Waals surface area contributed by atoms with E-state index < -0.39 is 0 Å². The van der Waals surface area contributed by atoms with E-state index in [0.29, 0.717) is 22.0 Å². The lowest BCUT2D eigenvalue weighted by Gasteiger charge is -1.89. The van der Waals surface area contributed by atoms with Gasteiger partial charge in [-0.15, -0.1) is 0 Å². The van der Waals surface area contributed by atoms with Gasteiger partial charge < -0.3 is 14.7 Å². The van der Waals surface area contributed by atoms with Gasteiger partial charge in [-0.1, -0.05) is 5.16 Å². The molecular weight excluding hydrogens is 236 g/mol. The van der Waals surface area contributed by atoms with Crippen molar-refractivity contribution in [2.75, 3.05) is 5.73 Å². The Morgan fingerprint density at radius 1 is 1.46 bits per heavy atom. The van der Waals surface area contributed by atoms with Crippen LogP contribution in [0.15, 0.2) is 25.7 Å². The molecule has 0 aromatic carbocycles. The molecule has 0 aliphatic rings. The number of rotatable bonds is 1. The molecule has 0 fully saturated rings. The summed E-state index contributed by atoms with van der Waals surface area (Å²) in [4.78, 5) is 0. The average molecular weight is 243 g/mol. The Labute approximate surface area is 82.8 Å². The quantitative estimate of drug-likeness (QED) is 0.835. The summed E-state index contributed by atoms with van der Waals surface area (Å²) in [5, 5.41) is 3.63. The first-order chi connectivity index (χ1) is 6.18. The summed E-state index contributed by atoms with van der Waals surface area (Å²) < 4.78 is 10.9. The highest BCUT2D eigenvalue weighted by atomic mass is 79.9. The monoisotopic (exact) mass is 242 g/mol. The number of nitrogens with two attached hydrogens (primary N) is 1. The van der Waals surface area contributed by atoms with Crippen LogP contribution in [0.3, 0.4) is 0 Å². The molecule has 0 spiro atoms. The van der Waals surface area contributed by atoms with E-state index in [-0.39, 0.29) is 0 Å². The van der Waals surface area contributed by atoms with Gasteiger partial charge in [0.15, 0.2) is 16.2 Å². The molecule has 5 heteroatoms. The van der Waals surface area contributed by atoms with E-state index in [9.17, 15) is 0 Å². The van der Waals surface area contributed by atoms with Gasteiger partial charge in [0.25, 0.3) is 0 Å². The van der Waals surface area contributed by atoms with Crippen molar-refractivity contribution in [2.45, 2.75) is 6.92 Å². The Morgan fingerprint density at radius 2 is 2.23 bits per heavy atom. The van der Waals surface area contributed by atoms with Crippen molar-refractivity contribution in [1.82, 2.24) is 5.16 Å². The zero-order chi connectivity index (χ0) is 9.42. The fourth-order valence-electron chi connectivity index (χ4n) is 1.01. The van der Waals surface area contributed by atoms with Crippen molar-refractivity contribution in [3.8, 4) is 11.5 Å². The summed E-state index contributed by atoms with van der Waals surface area (Å²) in [5.41, 5.74) is 6.32. The summed E-state index contributed by atoms with van der Waals surface area (Å²) in [6.45, 7) is 1.83. The van der Waals surface area contributed by atoms with Crippen LogP contribution in [0.4, 0.5) is 5.82 Å². The highest BCUT2D eigenvalue weighted by molar-refractivity contribution is 9.10. The number of anilines is 1. The second-order valence-electron chi connectivity index (χ2n) is 2.63. The molecule has 0 saturated heterocycles. The lowest BCUT2D eigenvalue weighted by atomic mass is 10.2. The van der Waals surface area contributed by atoms with Crippen molar-refractivity contribution in [1.29, 1.82) is 0 Å². The third kappa shape index (κ3) is 1.35. The predicted octanol–water partition coefficient (Wildman–Crippen LogP) is 2.59. The maximum absolute atomic E-state index is 5.53. The Balaban J connectivity index is 2.52. The Kier molecular flexibility index (Phi) is 1.88. The van der Waals surface area contributed by atoms with Crippen LogP contribution in [-0.4, -0.2) is 5.16 Å². The first-order valence-electron chi connectivity index (χ1n) is 3.66. The summed E-state index contributed by atoms with van der Waals surface area (Å²) in [5.74, 6) is 1.58. The molecule has 0 amide bonds. The molecule has 2 N–H and O–H groups in total. The lowest BCUT2D eigenvalue weighted by molar-refractivity contribution is 0.418. The molecule has 0 radical (unpaired) electrons. The van der Waals surface area contributed by atoms with Gasteiger partial charge in [-0.25, -0.2) is 0 Å². The third-order valence-corrected chi connectivity index (χ3v) is 2.18. The number of nitrogens with zero attached hydrogens (tertiary/aromatic N) is 1. The second-order valence-corrected chi connectivity index (χ2v) is 3.41. The lowest BCUT2D eigenvalue weighted by Crippen LogP contribution is -1.85. The van der Waals surface area contributed by atoms with Gasteiger partial charge in [0.1, 0.15) is 0 Å². The van der Waals surface area contributed by atoms with E-state index in [2.05, 4.69) is 21.1 Å². The van der Waals surface area contributed by atoms with Gasteiger partial charge >= 0.3 is 0 Å². The van der Waals surface area contributed by atoms with Crippen LogP contribution in [0.1, 0.15) is 5.56 Å². The molecular formula is C8H7BrN2O2. The topological polar surface area (TPSA) is 65.2 Å². The van der Waals surface area contributed by atoms with Crippen molar-refractivity contribution < 1.29 is 8.94 Å². The van der Waals surface area contributed by atoms with Gasteiger partial charge in [0.2, 0.25) is 5.76 Å². The minimum atomic E-state index is 0.391. The number of aromatic nitrogens is 1. The Hall–Kier alpha value is -1.23. The van der Waals surface area contributed by atoms with E-state index in [1.54, 1.807) is 12.1 Å². The molecule has 2 rings (SSSR count). The predicted molar refractivity (Wildman–Crippen MR) is 51.1 cm³/mol. The summed E-state index contributed by atoms with van der Waals surface area (Å²) in [6.07, 6.45) is 0. The maximum Gasteiger partial charge on any atom is 0.207 e. The molecule has 0 unspecified atom stereocenters. The van der Waals surface area contributed by atoms with E-state index in [4.69, 9.17) is 14.7 Å². The number of furan rings is 1. The standard InChI is InChI=1S/C8H7BrN2O2/c1-4-7(13-11-8(4)10)5-2-3-6(9)12-5/h2-3H,1H3,(H2,10,11). The zero-order valence-corrected chi connectivity index (χ0v) is 8.46. The van der Waals surface area contributed by atoms with Gasteiger partial charge in [0.05, 0.1) is 0 Å². The summed E-state index contributed by atoms with van der Waals surface area (Å²) in [6, 6.07) is 3.57. The number of hydrogen-bond donors (Lipinski definition) is 1. The molecule has 2 heterocycles. The number of nitrogen functional groups attached to an aromatic ring is 1. The molecule has 2 aromatic rings. The van der Waals surface area contributed by atoms with Gasteiger partial charge in [-0.05, 0) is 35.0 Å². The van der Waals surface area contributed by atoms with Gasteiger partial charge in [-0.3, -0.25) is 0 Å². The van der Waals surface area contributed by atoms with Crippen LogP contribution in [-0.2, 0) is 0 Å². The number of hydrogen-bond acceptors (Lipinski definition) is 4. The van der Waals surface area contributed by atoms with E-state index in [0.717, 1.165) is 5.56 Å².